The van der Waals surface area contributed by atoms with Crippen molar-refractivity contribution in [2.24, 2.45) is 0 Å². The van der Waals surface area contributed by atoms with Gasteiger partial charge in [-0.2, -0.15) is 0 Å². The third-order valence-electron chi connectivity index (χ3n) is 6.84. The number of nitrogens with zero attached hydrogens (tertiary/aromatic N) is 4. The van der Waals surface area contributed by atoms with Crippen LogP contribution in [0.2, 0.25) is 0 Å². The second-order valence-corrected chi connectivity index (χ2v) is 9.16. The summed E-state index contributed by atoms with van der Waals surface area (Å²) < 4.78 is 2.29. The Morgan fingerprint density at radius 3 is 2.48 bits per heavy atom. The van der Waals surface area contributed by atoms with Crippen LogP contribution in [0, 0.1) is 20.8 Å². The summed E-state index contributed by atoms with van der Waals surface area (Å²) in [4.78, 5) is 11.9. The van der Waals surface area contributed by atoms with E-state index in [0.717, 1.165) is 16.6 Å². The number of thiocarbonyl (C=S) groups is 1. The summed E-state index contributed by atoms with van der Waals surface area (Å²) in [6, 6.07) is 13.2. The van der Waals surface area contributed by atoms with E-state index in [1.54, 1.807) is 0 Å². The van der Waals surface area contributed by atoms with E-state index in [-0.39, 0.29) is 12.1 Å². The van der Waals surface area contributed by atoms with Gasteiger partial charge in [0.2, 0.25) is 0 Å². The van der Waals surface area contributed by atoms with Gasteiger partial charge in [-0.05, 0) is 81.2 Å². The predicted octanol–water partition coefficient (Wildman–Crippen LogP) is 5.11. The van der Waals surface area contributed by atoms with Crippen LogP contribution >= 0.6 is 12.2 Å². The van der Waals surface area contributed by atoms with E-state index in [1.807, 2.05) is 24.5 Å². The Morgan fingerprint density at radius 1 is 1.00 bits per heavy atom. The quantitative estimate of drug-likeness (QED) is 0.582. The summed E-state index contributed by atoms with van der Waals surface area (Å²) in [5, 5.41) is 4.48. The van der Waals surface area contributed by atoms with Crippen LogP contribution in [0.5, 0.6) is 0 Å². The first kappa shape index (κ1) is 20.2. The van der Waals surface area contributed by atoms with E-state index in [4.69, 9.17) is 22.2 Å². The first-order chi connectivity index (χ1) is 15.1. The average Bonchev–Trinajstić information content (AvgIpc) is 3.47. The molecule has 1 N–H and O–H groups in total. The molecule has 0 bridgehead atoms. The van der Waals surface area contributed by atoms with Gasteiger partial charge in [0, 0.05) is 29.8 Å². The van der Waals surface area contributed by atoms with Crippen molar-refractivity contribution in [2.45, 2.75) is 64.6 Å². The molecule has 160 valence electrons. The van der Waals surface area contributed by atoms with Crippen molar-refractivity contribution in [1.82, 2.24) is 24.8 Å². The number of rotatable bonds is 4. The molecule has 1 saturated carbocycles. The molecule has 2 atom stereocenters. The van der Waals surface area contributed by atoms with Crippen molar-refractivity contribution >= 4 is 17.3 Å². The lowest BCUT2D eigenvalue weighted by Crippen LogP contribution is -2.37. The molecule has 0 radical (unpaired) electrons. The Balaban J connectivity index is 1.65. The summed E-state index contributed by atoms with van der Waals surface area (Å²) in [6.07, 6.45) is 8.69. The van der Waals surface area contributed by atoms with Crippen LogP contribution in [-0.4, -0.2) is 30.6 Å². The molecule has 5 rings (SSSR count). The highest BCUT2D eigenvalue weighted by atomic mass is 32.1. The highest BCUT2D eigenvalue weighted by Crippen LogP contribution is 2.44. The summed E-state index contributed by atoms with van der Waals surface area (Å²) in [7, 11) is 0. The van der Waals surface area contributed by atoms with E-state index < -0.39 is 0 Å². The molecule has 1 aliphatic carbocycles. The van der Waals surface area contributed by atoms with Gasteiger partial charge < -0.3 is 14.8 Å². The minimum atomic E-state index is 0.0353. The monoisotopic (exact) mass is 431 g/mol. The maximum atomic E-state index is 5.90. The minimum absolute atomic E-state index is 0.0353. The number of nitrogens with one attached hydrogen (secondary N) is 1. The molecular weight excluding hydrogens is 402 g/mol. The van der Waals surface area contributed by atoms with Gasteiger partial charge in [0.1, 0.15) is 5.82 Å². The molecule has 0 unspecified atom stereocenters. The van der Waals surface area contributed by atoms with Crippen LogP contribution in [0.15, 0.2) is 48.8 Å². The second-order valence-electron chi connectivity index (χ2n) is 8.78. The zero-order chi connectivity index (χ0) is 21.5. The highest BCUT2D eigenvalue weighted by molar-refractivity contribution is 7.80. The van der Waals surface area contributed by atoms with Gasteiger partial charge in [0.25, 0.3) is 0 Å². The Bertz CT molecular complexity index is 1100. The van der Waals surface area contributed by atoms with Crippen LogP contribution in [0.3, 0.4) is 0 Å². The largest absolute Gasteiger partial charge is 0.352 e. The molecular formula is C25H29N5S. The summed E-state index contributed by atoms with van der Waals surface area (Å²) in [5.41, 5.74) is 5.93. The highest BCUT2D eigenvalue weighted by Gasteiger charge is 2.44. The van der Waals surface area contributed by atoms with Crippen LogP contribution in [0.4, 0.5) is 0 Å². The van der Waals surface area contributed by atoms with Gasteiger partial charge in [0.15, 0.2) is 5.11 Å². The first-order valence-electron chi connectivity index (χ1n) is 11.2. The molecule has 31 heavy (non-hydrogen) atoms. The third kappa shape index (κ3) is 3.43. The Hall–Kier alpha value is -2.73. The van der Waals surface area contributed by atoms with E-state index in [2.05, 4.69) is 59.8 Å². The molecule has 2 fully saturated rings. The second kappa shape index (κ2) is 8.08. The van der Waals surface area contributed by atoms with Crippen LogP contribution in [0.1, 0.15) is 66.0 Å². The van der Waals surface area contributed by atoms with Crippen molar-refractivity contribution < 1.29 is 0 Å². The Morgan fingerprint density at radius 2 is 1.77 bits per heavy atom. The molecule has 2 aliphatic rings. The third-order valence-corrected chi connectivity index (χ3v) is 7.16. The van der Waals surface area contributed by atoms with Crippen LogP contribution < -0.4 is 5.32 Å². The minimum Gasteiger partial charge on any atom is -0.352 e. The fraction of sp³-hybridized carbons (Fsp3) is 0.400. The van der Waals surface area contributed by atoms with Crippen molar-refractivity contribution in [3.8, 4) is 5.82 Å². The van der Waals surface area contributed by atoms with Crippen molar-refractivity contribution in [3.05, 3.63) is 77.0 Å². The number of hydrogen-bond donors (Lipinski definition) is 1. The maximum Gasteiger partial charge on any atom is 0.170 e. The van der Waals surface area contributed by atoms with Gasteiger partial charge in [0.05, 0.1) is 17.8 Å². The molecule has 3 aromatic rings. The SMILES string of the molecule is Cc1cccnc1-n1c(C)cc([C@H]2[C@H](c3ccccn3)NC(=S)N2C2CCCC2)c1C. The molecule has 1 saturated heterocycles. The lowest BCUT2D eigenvalue weighted by molar-refractivity contribution is 0.245. The van der Waals surface area contributed by atoms with Crippen molar-refractivity contribution in [1.29, 1.82) is 0 Å². The molecule has 0 amide bonds. The lowest BCUT2D eigenvalue weighted by Gasteiger charge is -2.33. The maximum absolute atomic E-state index is 5.90. The summed E-state index contributed by atoms with van der Waals surface area (Å²) >= 11 is 5.90. The van der Waals surface area contributed by atoms with Crippen molar-refractivity contribution in [3.63, 3.8) is 0 Å². The zero-order valence-electron chi connectivity index (χ0n) is 18.4. The van der Waals surface area contributed by atoms with E-state index in [0.29, 0.717) is 6.04 Å². The van der Waals surface area contributed by atoms with Gasteiger partial charge >= 0.3 is 0 Å². The normalized spacial score (nSPS) is 21.6. The molecule has 1 aliphatic heterocycles. The standard InChI is InChI=1S/C25H29N5S/c1-16-9-8-14-27-24(16)29-17(2)15-20(18(29)3)23-22(21-12-6-7-13-26-21)28-25(31)30(23)19-10-4-5-11-19/h6-9,12-15,19,22-23H,4-5,10-11H2,1-3H3,(H,28,31)/t22-,23-/m0/s1. The van der Waals surface area contributed by atoms with Gasteiger partial charge in [-0.15, -0.1) is 0 Å². The molecule has 3 aromatic heterocycles. The molecule has 6 heteroatoms. The number of aromatic nitrogens is 3. The van der Waals surface area contributed by atoms with Crippen LogP contribution in [-0.2, 0) is 0 Å². The summed E-state index contributed by atoms with van der Waals surface area (Å²) in [6.45, 7) is 6.50. The number of aryl methyl sites for hydroxylation is 2. The molecule has 4 heterocycles. The Kier molecular flexibility index (Phi) is 5.26. The predicted molar refractivity (Wildman–Crippen MR) is 127 cm³/mol. The fourth-order valence-electron chi connectivity index (χ4n) is 5.40. The molecule has 0 spiro atoms. The lowest BCUT2D eigenvalue weighted by atomic mass is 9.95. The zero-order valence-corrected chi connectivity index (χ0v) is 19.2. The number of pyridine rings is 2. The van der Waals surface area contributed by atoms with E-state index in [1.165, 1.54) is 48.2 Å². The van der Waals surface area contributed by atoms with Crippen LogP contribution in [0.25, 0.3) is 5.82 Å². The average molecular weight is 432 g/mol. The summed E-state index contributed by atoms with van der Waals surface area (Å²) in [5.74, 6) is 0.999. The molecule has 0 aromatic carbocycles. The van der Waals surface area contributed by atoms with Gasteiger partial charge in [-0.25, -0.2) is 4.98 Å². The molecule has 5 nitrogen and oxygen atoms in total. The number of hydrogen-bond acceptors (Lipinski definition) is 3. The first-order valence-corrected chi connectivity index (χ1v) is 11.6. The smallest absolute Gasteiger partial charge is 0.170 e. The van der Waals surface area contributed by atoms with Gasteiger partial charge in [-0.1, -0.05) is 25.0 Å². The van der Waals surface area contributed by atoms with E-state index in [9.17, 15) is 0 Å². The topological polar surface area (TPSA) is 46.0 Å². The van der Waals surface area contributed by atoms with Crippen molar-refractivity contribution in [2.75, 3.05) is 0 Å². The Labute approximate surface area is 189 Å². The fourth-order valence-corrected chi connectivity index (χ4v) is 5.79. The van der Waals surface area contributed by atoms with Gasteiger partial charge in [-0.3, -0.25) is 4.98 Å². The van der Waals surface area contributed by atoms with E-state index >= 15 is 0 Å².